The van der Waals surface area contributed by atoms with E-state index in [1.165, 1.54) is 0 Å². The predicted octanol–water partition coefficient (Wildman–Crippen LogP) is 0.877. The van der Waals surface area contributed by atoms with Crippen molar-refractivity contribution in [3.63, 3.8) is 0 Å². The monoisotopic (exact) mass is 270 g/mol. The molecule has 6 nitrogen and oxygen atoms in total. The normalized spacial score (nSPS) is 12.9. The third-order valence-corrected chi connectivity index (χ3v) is 3.20. The van der Waals surface area contributed by atoms with Gasteiger partial charge in [0.1, 0.15) is 5.82 Å². The van der Waals surface area contributed by atoms with E-state index in [2.05, 4.69) is 20.6 Å². The molecule has 20 heavy (non-hydrogen) atoms. The van der Waals surface area contributed by atoms with E-state index in [1.54, 1.807) is 24.5 Å². The number of nitrogens with zero attached hydrogens (tertiary/aromatic N) is 1. The van der Waals surface area contributed by atoms with Gasteiger partial charge >= 0.3 is 0 Å². The molecule has 1 aromatic heterocycles. The average Bonchev–Trinajstić information content (AvgIpc) is 3.05. The fraction of sp³-hybridized carbons (Fsp3) is 0.214. The molecule has 0 saturated heterocycles. The minimum absolute atomic E-state index is 0.0321. The predicted molar refractivity (Wildman–Crippen MR) is 73.4 cm³/mol. The number of carbonyl (C=O) groups excluding carboxylic acids is 2. The number of hydrogen-bond acceptors (Lipinski definition) is 3. The van der Waals surface area contributed by atoms with Gasteiger partial charge in [-0.25, -0.2) is 4.98 Å². The van der Waals surface area contributed by atoms with Crippen molar-refractivity contribution in [3.05, 3.63) is 47.5 Å². The van der Waals surface area contributed by atoms with Crippen LogP contribution in [0.25, 0.3) is 0 Å². The number of hydrogen-bond donors (Lipinski definition) is 3. The lowest BCUT2D eigenvalue weighted by Crippen LogP contribution is -2.26. The summed E-state index contributed by atoms with van der Waals surface area (Å²) < 4.78 is 0. The van der Waals surface area contributed by atoms with E-state index in [-0.39, 0.29) is 11.8 Å². The van der Waals surface area contributed by atoms with Gasteiger partial charge in [0.25, 0.3) is 5.91 Å². The van der Waals surface area contributed by atoms with Crippen molar-refractivity contribution in [1.29, 1.82) is 0 Å². The van der Waals surface area contributed by atoms with Crippen LogP contribution in [0.15, 0.2) is 30.6 Å². The first-order valence-corrected chi connectivity index (χ1v) is 6.41. The maximum atomic E-state index is 12.0. The van der Waals surface area contributed by atoms with Gasteiger partial charge in [-0.05, 0) is 17.7 Å². The summed E-state index contributed by atoms with van der Waals surface area (Å²) >= 11 is 0. The van der Waals surface area contributed by atoms with Crippen molar-refractivity contribution >= 4 is 17.5 Å². The molecular weight excluding hydrogens is 256 g/mol. The molecule has 6 heteroatoms. The summed E-state index contributed by atoms with van der Waals surface area (Å²) in [5, 5.41) is 5.57. The van der Waals surface area contributed by atoms with Gasteiger partial charge in [-0.3, -0.25) is 9.59 Å². The first-order valence-electron chi connectivity index (χ1n) is 6.41. The molecule has 0 unspecified atom stereocenters. The minimum Gasteiger partial charge on any atom is -0.352 e. The number of aromatic nitrogens is 2. The molecule has 3 rings (SSSR count). The summed E-state index contributed by atoms with van der Waals surface area (Å²) in [7, 11) is 0. The quantitative estimate of drug-likeness (QED) is 0.770. The molecule has 2 aromatic rings. The number of nitrogens with one attached hydrogen (secondary N) is 3. The molecule has 0 bridgehead atoms. The Bertz CT molecular complexity index is 649. The Kier molecular flexibility index (Phi) is 3.20. The first-order chi connectivity index (χ1) is 9.72. The van der Waals surface area contributed by atoms with Crippen molar-refractivity contribution in [2.75, 3.05) is 11.9 Å². The molecule has 0 radical (unpaired) electrons. The maximum absolute atomic E-state index is 12.0. The summed E-state index contributed by atoms with van der Waals surface area (Å²) in [5.41, 5.74) is 2.21. The lowest BCUT2D eigenvalue weighted by molar-refractivity contribution is -0.115. The van der Waals surface area contributed by atoms with Crippen LogP contribution in [-0.2, 0) is 17.6 Å². The van der Waals surface area contributed by atoms with Gasteiger partial charge in [-0.2, -0.15) is 0 Å². The Morgan fingerprint density at radius 2 is 2.30 bits per heavy atom. The van der Waals surface area contributed by atoms with Gasteiger partial charge in [0, 0.05) is 36.6 Å². The molecule has 1 aromatic carbocycles. The number of rotatable bonds is 4. The fourth-order valence-electron chi connectivity index (χ4n) is 2.19. The van der Waals surface area contributed by atoms with Crippen LogP contribution in [0, 0.1) is 0 Å². The molecule has 2 heterocycles. The summed E-state index contributed by atoms with van der Waals surface area (Å²) in [6.45, 7) is 0.510. The van der Waals surface area contributed by atoms with Crippen LogP contribution in [0.3, 0.4) is 0 Å². The van der Waals surface area contributed by atoms with Gasteiger partial charge in [-0.1, -0.05) is 6.07 Å². The topological polar surface area (TPSA) is 86.9 Å². The highest BCUT2D eigenvalue weighted by atomic mass is 16.2. The van der Waals surface area contributed by atoms with Crippen molar-refractivity contribution in [2.45, 2.75) is 12.8 Å². The number of aromatic amines is 1. The van der Waals surface area contributed by atoms with E-state index in [1.807, 2.05) is 6.07 Å². The number of amides is 2. The number of H-pyrrole nitrogens is 1. The molecule has 3 N–H and O–H groups in total. The van der Waals surface area contributed by atoms with Crippen LogP contribution < -0.4 is 10.6 Å². The van der Waals surface area contributed by atoms with Crippen molar-refractivity contribution in [2.24, 2.45) is 0 Å². The molecule has 2 amide bonds. The minimum atomic E-state index is -0.152. The molecule has 1 aliphatic rings. The summed E-state index contributed by atoms with van der Waals surface area (Å²) in [6, 6.07) is 5.26. The molecule has 0 spiro atoms. The van der Waals surface area contributed by atoms with Crippen molar-refractivity contribution < 1.29 is 9.59 Å². The standard InChI is InChI=1S/C14H14N4O2/c19-13-8-9-1-2-10(7-11(9)18-13)14(20)17-4-3-12-15-5-6-16-12/h1-2,5-7H,3-4,8H2,(H,15,16)(H,17,20)(H,18,19). The van der Waals surface area contributed by atoms with E-state index in [9.17, 15) is 9.59 Å². The van der Waals surface area contributed by atoms with E-state index in [0.29, 0.717) is 24.9 Å². The third-order valence-electron chi connectivity index (χ3n) is 3.20. The van der Waals surface area contributed by atoms with Gasteiger partial charge in [0.05, 0.1) is 6.42 Å². The van der Waals surface area contributed by atoms with Crippen LogP contribution in [0.5, 0.6) is 0 Å². The summed E-state index contributed by atoms with van der Waals surface area (Å²) in [6.07, 6.45) is 4.47. The molecule has 102 valence electrons. The molecule has 0 aliphatic carbocycles. The van der Waals surface area contributed by atoms with Gasteiger partial charge in [0.15, 0.2) is 0 Å². The van der Waals surface area contributed by atoms with E-state index >= 15 is 0 Å². The number of anilines is 1. The fourth-order valence-corrected chi connectivity index (χ4v) is 2.19. The third kappa shape index (κ3) is 2.54. The van der Waals surface area contributed by atoms with E-state index < -0.39 is 0 Å². The Labute approximate surface area is 115 Å². The van der Waals surface area contributed by atoms with Crippen LogP contribution in [0.4, 0.5) is 5.69 Å². The smallest absolute Gasteiger partial charge is 0.251 e. The van der Waals surface area contributed by atoms with E-state index in [4.69, 9.17) is 0 Å². The maximum Gasteiger partial charge on any atom is 0.251 e. The highest BCUT2D eigenvalue weighted by molar-refractivity contribution is 6.02. The Morgan fingerprint density at radius 3 is 3.10 bits per heavy atom. The van der Waals surface area contributed by atoms with Crippen LogP contribution in [0.1, 0.15) is 21.7 Å². The highest BCUT2D eigenvalue weighted by Gasteiger charge is 2.18. The van der Waals surface area contributed by atoms with Gasteiger partial charge in [-0.15, -0.1) is 0 Å². The number of benzene rings is 1. The molecule has 0 atom stereocenters. The van der Waals surface area contributed by atoms with Gasteiger partial charge < -0.3 is 15.6 Å². The van der Waals surface area contributed by atoms with Crippen LogP contribution in [-0.4, -0.2) is 28.3 Å². The number of fused-ring (bicyclic) bond motifs is 1. The molecular formula is C14H14N4O2. The first kappa shape index (κ1) is 12.4. The summed E-state index contributed by atoms with van der Waals surface area (Å²) in [4.78, 5) is 30.3. The van der Waals surface area contributed by atoms with Crippen LogP contribution in [0.2, 0.25) is 0 Å². The number of imidazole rings is 1. The second-order valence-electron chi connectivity index (χ2n) is 4.64. The average molecular weight is 270 g/mol. The van der Waals surface area contributed by atoms with Crippen molar-refractivity contribution in [3.8, 4) is 0 Å². The Hall–Kier alpha value is -2.63. The lowest BCUT2D eigenvalue weighted by atomic mass is 10.1. The van der Waals surface area contributed by atoms with Crippen LogP contribution >= 0.6 is 0 Å². The zero-order valence-corrected chi connectivity index (χ0v) is 10.8. The molecule has 1 aliphatic heterocycles. The lowest BCUT2D eigenvalue weighted by Gasteiger charge is -2.06. The highest BCUT2D eigenvalue weighted by Crippen LogP contribution is 2.23. The van der Waals surface area contributed by atoms with Crippen molar-refractivity contribution in [1.82, 2.24) is 15.3 Å². The Balaban J connectivity index is 1.60. The summed E-state index contributed by atoms with van der Waals surface area (Å²) in [5.74, 6) is 0.655. The second kappa shape index (κ2) is 5.16. The molecule has 0 fully saturated rings. The number of carbonyl (C=O) groups is 2. The zero-order chi connectivity index (χ0) is 13.9. The Morgan fingerprint density at radius 1 is 1.40 bits per heavy atom. The molecule has 0 saturated carbocycles. The van der Waals surface area contributed by atoms with Gasteiger partial charge in [0.2, 0.25) is 5.91 Å². The SMILES string of the molecule is O=C1Cc2ccc(C(=O)NCCc3ncc[nH]3)cc2N1. The zero-order valence-electron chi connectivity index (χ0n) is 10.8. The van der Waals surface area contributed by atoms with E-state index in [0.717, 1.165) is 17.1 Å². The largest absolute Gasteiger partial charge is 0.352 e. The second-order valence-corrected chi connectivity index (χ2v) is 4.64.